The average molecular weight is 285 g/mol. The van der Waals surface area contributed by atoms with Gasteiger partial charge in [-0.25, -0.2) is 4.98 Å². The van der Waals surface area contributed by atoms with Crippen LogP contribution in [0.25, 0.3) is 11.3 Å². The second kappa shape index (κ2) is 5.80. The van der Waals surface area contributed by atoms with Crippen LogP contribution >= 0.6 is 0 Å². The van der Waals surface area contributed by atoms with Crippen LogP contribution in [0.4, 0.5) is 5.82 Å². The van der Waals surface area contributed by atoms with Crippen LogP contribution in [-0.2, 0) is 13.0 Å². The van der Waals surface area contributed by atoms with Gasteiger partial charge in [0.15, 0.2) is 0 Å². The number of hydrogen-bond donors (Lipinski definition) is 1. The summed E-state index contributed by atoms with van der Waals surface area (Å²) >= 11 is 0. The molecule has 0 fully saturated rings. The summed E-state index contributed by atoms with van der Waals surface area (Å²) in [5.41, 5.74) is 8.26. The molecule has 0 bridgehead atoms. The third kappa shape index (κ3) is 2.75. The van der Waals surface area contributed by atoms with E-state index in [2.05, 4.69) is 18.4 Å². The number of aromatic nitrogens is 2. The quantitative estimate of drug-likeness (QED) is 0.935. The smallest absolute Gasteiger partial charge is 0.131 e. The second-order valence-corrected chi connectivity index (χ2v) is 5.89. The summed E-state index contributed by atoms with van der Waals surface area (Å²) in [4.78, 5) is 4.76. The van der Waals surface area contributed by atoms with E-state index in [1.54, 1.807) is 0 Å². The zero-order chi connectivity index (χ0) is 14.8. The molecule has 1 aromatic heterocycles. The lowest BCUT2D eigenvalue weighted by molar-refractivity contribution is 0.317. The molecule has 4 heteroatoms. The Kier molecular flexibility index (Phi) is 3.86. The van der Waals surface area contributed by atoms with Crippen LogP contribution in [-0.4, -0.2) is 16.2 Å². The summed E-state index contributed by atoms with van der Waals surface area (Å²) in [6.07, 6.45) is 3.20. The van der Waals surface area contributed by atoms with Crippen LogP contribution in [0, 0.1) is 5.92 Å². The predicted molar refractivity (Wildman–Crippen MR) is 85.3 cm³/mol. The molecular weight excluding hydrogens is 262 g/mol. The lowest BCUT2D eigenvalue weighted by Crippen LogP contribution is -2.19. The van der Waals surface area contributed by atoms with E-state index in [1.165, 1.54) is 6.42 Å². The van der Waals surface area contributed by atoms with Crippen molar-refractivity contribution in [2.75, 3.05) is 12.3 Å². The number of rotatable bonds is 4. The van der Waals surface area contributed by atoms with E-state index in [9.17, 15) is 0 Å². The van der Waals surface area contributed by atoms with Crippen LogP contribution in [0.1, 0.15) is 32.5 Å². The molecule has 1 aliphatic rings. The maximum atomic E-state index is 6.33. The van der Waals surface area contributed by atoms with Gasteiger partial charge in [0, 0.05) is 18.5 Å². The predicted octanol–water partition coefficient (Wildman–Crippen LogP) is 3.50. The molecule has 2 N–H and O–H groups in total. The number of aryl methyl sites for hydroxylation is 1. The molecule has 0 amide bonds. The van der Waals surface area contributed by atoms with E-state index in [0.717, 1.165) is 54.6 Å². The van der Waals surface area contributed by atoms with Gasteiger partial charge in [0.05, 0.1) is 6.61 Å². The first-order valence-corrected chi connectivity index (χ1v) is 7.77. The number of nitrogens with two attached hydrogens (primary N) is 1. The van der Waals surface area contributed by atoms with Crippen molar-refractivity contribution in [3.05, 3.63) is 30.1 Å². The zero-order valence-electron chi connectivity index (χ0n) is 12.8. The molecule has 1 unspecified atom stereocenters. The third-order valence-corrected chi connectivity index (χ3v) is 4.02. The maximum absolute atomic E-state index is 6.33. The van der Waals surface area contributed by atoms with Crippen LogP contribution in [0.15, 0.2) is 24.3 Å². The summed E-state index contributed by atoms with van der Waals surface area (Å²) in [6.45, 7) is 6.07. The van der Waals surface area contributed by atoms with Gasteiger partial charge in [-0.1, -0.05) is 26.0 Å². The van der Waals surface area contributed by atoms with Gasteiger partial charge < -0.3 is 15.0 Å². The Hall–Kier alpha value is -1.97. The topological polar surface area (TPSA) is 53.1 Å². The Morgan fingerprint density at radius 2 is 2.29 bits per heavy atom. The molecule has 1 atom stereocenters. The molecule has 1 aliphatic heterocycles. The summed E-state index contributed by atoms with van der Waals surface area (Å²) in [7, 11) is 0. The fourth-order valence-electron chi connectivity index (χ4n) is 2.85. The van der Waals surface area contributed by atoms with Gasteiger partial charge in [-0.15, -0.1) is 0 Å². The summed E-state index contributed by atoms with van der Waals surface area (Å²) in [5.74, 6) is 3.44. The molecule has 0 aliphatic carbocycles. The second-order valence-electron chi connectivity index (χ2n) is 5.89. The van der Waals surface area contributed by atoms with Gasteiger partial charge in [0.2, 0.25) is 0 Å². The lowest BCUT2D eigenvalue weighted by Gasteiger charge is -2.20. The number of fused-ring (bicyclic) bond motifs is 1. The Balaban J connectivity index is 1.94. The number of nitrogen functional groups attached to an aromatic ring is 1. The summed E-state index contributed by atoms with van der Waals surface area (Å²) in [6, 6.07) is 8.06. The lowest BCUT2D eigenvalue weighted by atomic mass is 10.0. The van der Waals surface area contributed by atoms with Gasteiger partial charge in [0.25, 0.3) is 0 Å². The van der Waals surface area contributed by atoms with Crippen molar-refractivity contribution >= 4 is 5.82 Å². The molecule has 1 aromatic carbocycles. The number of ether oxygens (including phenoxy) is 1. The molecular formula is C17H23N3O. The molecule has 0 radical (unpaired) electrons. The fourth-order valence-corrected chi connectivity index (χ4v) is 2.85. The molecule has 2 heterocycles. The SMILES string of the molecule is CCCOc1cccc(-c2nc3n(c2N)CC(C)CC3)c1. The monoisotopic (exact) mass is 285 g/mol. The largest absolute Gasteiger partial charge is 0.494 e. The first-order chi connectivity index (χ1) is 10.2. The Bertz CT molecular complexity index is 633. The summed E-state index contributed by atoms with van der Waals surface area (Å²) < 4.78 is 7.87. The number of benzene rings is 1. The van der Waals surface area contributed by atoms with Crippen molar-refractivity contribution in [2.45, 2.75) is 39.7 Å². The van der Waals surface area contributed by atoms with Gasteiger partial charge in [-0.3, -0.25) is 0 Å². The van der Waals surface area contributed by atoms with E-state index < -0.39 is 0 Å². The van der Waals surface area contributed by atoms with Gasteiger partial charge in [-0.2, -0.15) is 0 Å². The number of anilines is 1. The fraction of sp³-hybridized carbons (Fsp3) is 0.471. The molecule has 21 heavy (non-hydrogen) atoms. The minimum atomic E-state index is 0.668. The highest BCUT2D eigenvalue weighted by molar-refractivity contribution is 5.72. The zero-order valence-corrected chi connectivity index (χ0v) is 12.8. The van der Waals surface area contributed by atoms with E-state index in [-0.39, 0.29) is 0 Å². The van der Waals surface area contributed by atoms with Crippen LogP contribution < -0.4 is 10.5 Å². The van der Waals surface area contributed by atoms with Crippen molar-refractivity contribution in [3.63, 3.8) is 0 Å². The first-order valence-electron chi connectivity index (χ1n) is 7.77. The van der Waals surface area contributed by atoms with Gasteiger partial charge >= 0.3 is 0 Å². The molecule has 112 valence electrons. The maximum Gasteiger partial charge on any atom is 0.131 e. The highest BCUT2D eigenvalue weighted by Gasteiger charge is 2.22. The van der Waals surface area contributed by atoms with Crippen molar-refractivity contribution in [1.29, 1.82) is 0 Å². The Morgan fingerprint density at radius 1 is 1.43 bits per heavy atom. The third-order valence-electron chi connectivity index (χ3n) is 4.02. The normalized spacial score (nSPS) is 17.5. The minimum absolute atomic E-state index is 0.668. The van der Waals surface area contributed by atoms with Crippen molar-refractivity contribution in [3.8, 4) is 17.0 Å². The van der Waals surface area contributed by atoms with Crippen molar-refractivity contribution in [2.24, 2.45) is 5.92 Å². The van der Waals surface area contributed by atoms with E-state index in [1.807, 2.05) is 24.3 Å². The van der Waals surface area contributed by atoms with Crippen molar-refractivity contribution in [1.82, 2.24) is 9.55 Å². The number of hydrogen-bond acceptors (Lipinski definition) is 3. The number of nitrogens with zero attached hydrogens (tertiary/aromatic N) is 2. The molecule has 0 saturated carbocycles. The summed E-state index contributed by atoms with van der Waals surface area (Å²) in [5, 5.41) is 0. The molecule has 0 saturated heterocycles. The molecule has 2 aromatic rings. The minimum Gasteiger partial charge on any atom is -0.494 e. The highest BCUT2D eigenvalue weighted by atomic mass is 16.5. The standard InChI is InChI=1S/C17H23N3O/c1-3-9-21-14-6-4-5-13(10-14)16-17(18)20-11-12(2)7-8-15(20)19-16/h4-6,10,12H,3,7-9,11,18H2,1-2H3. The Labute approximate surface area is 125 Å². The first kappa shape index (κ1) is 14.0. The van der Waals surface area contributed by atoms with Crippen LogP contribution in [0.2, 0.25) is 0 Å². The molecule has 4 nitrogen and oxygen atoms in total. The van der Waals surface area contributed by atoms with E-state index >= 15 is 0 Å². The average Bonchev–Trinajstić information content (AvgIpc) is 2.82. The van der Waals surface area contributed by atoms with Crippen LogP contribution in [0.3, 0.4) is 0 Å². The number of imidazole rings is 1. The van der Waals surface area contributed by atoms with Gasteiger partial charge in [0.1, 0.15) is 23.1 Å². The van der Waals surface area contributed by atoms with E-state index in [4.69, 9.17) is 15.5 Å². The van der Waals surface area contributed by atoms with Gasteiger partial charge in [-0.05, 0) is 30.9 Å². The van der Waals surface area contributed by atoms with Crippen molar-refractivity contribution < 1.29 is 4.74 Å². The molecule has 3 rings (SSSR count). The Morgan fingerprint density at radius 3 is 3.10 bits per heavy atom. The van der Waals surface area contributed by atoms with E-state index in [0.29, 0.717) is 5.92 Å². The van der Waals surface area contributed by atoms with Crippen LogP contribution in [0.5, 0.6) is 5.75 Å². The highest BCUT2D eigenvalue weighted by Crippen LogP contribution is 2.32. The molecule has 0 spiro atoms.